The van der Waals surface area contributed by atoms with E-state index in [2.05, 4.69) is 10.3 Å². The molecule has 2 rings (SSSR count). The van der Waals surface area contributed by atoms with E-state index in [0.29, 0.717) is 16.7 Å². The number of hydrogen-bond donors (Lipinski definition) is 1. The maximum absolute atomic E-state index is 6.02. The third kappa shape index (κ3) is 1.85. The predicted octanol–water partition coefficient (Wildman–Crippen LogP) is 2.34. The van der Waals surface area contributed by atoms with Crippen molar-refractivity contribution in [3.8, 4) is 0 Å². The van der Waals surface area contributed by atoms with Gasteiger partial charge in [0, 0.05) is 17.1 Å². The quantitative estimate of drug-likeness (QED) is 0.763. The van der Waals surface area contributed by atoms with Crippen molar-refractivity contribution < 1.29 is 0 Å². The van der Waals surface area contributed by atoms with Crippen LogP contribution in [-0.4, -0.2) is 18.9 Å². The largest absolute Gasteiger partial charge is 0.293 e. The van der Waals surface area contributed by atoms with E-state index in [4.69, 9.17) is 23.2 Å². The normalized spacial score (nSPS) is 16.0. The van der Waals surface area contributed by atoms with Gasteiger partial charge in [0.25, 0.3) is 0 Å². The van der Waals surface area contributed by atoms with Gasteiger partial charge >= 0.3 is 0 Å². The van der Waals surface area contributed by atoms with Crippen molar-refractivity contribution in [2.24, 2.45) is 4.99 Å². The van der Waals surface area contributed by atoms with Crippen molar-refractivity contribution >= 4 is 28.9 Å². The zero-order chi connectivity index (χ0) is 9.26. The Morgan fingerprint density at radius 3 is 2.77 bits per heavy atom. The minimum atomic E-state index is 0.653. The van der Waals surface area contributed by atoms with Gasteiger partial charge in [-0.3, -0.25) is 10.3 Å². The average molecular weight is 215 g/mol. The molecule has 1 aliphatic rings. The van der Waals surface area contributed by atoms with Crippen LogP contribution in [0, 0.1) is 0 Å². The van der Waals surface area contributed by atoms with Gasteiger partial charge in [0.15, 0.2) is 0 Å². The Morgan fingerprint density at radius 2 is 2.15 bits per heavy atom. The van der Waals surface area contributed by atoms with Crippen molar-refractivity contribution in [3.63, 3.8) is 0 Å². The van der Waals surface area contributed by atoms with Gasteiger partial charge in [-0.1, -0.05) is 29.3 Å². The van der Waals surface area contributed by atoms with Crippen molar-refractivity contribution in [3.05, 3.63) is 33.8 Å². The third-order valence-corrected chi connectivity index (χ3v) is 2.46. The van der Waals surface area contributed by atoms with Gasteiger partial charge < -0.3 is 0 Å². The van der Waals surface area contributed by atoms with Crippen LogP contribution >= 0.6 is 23.2 Å². The molecule has 0 saturated heterocycles. The van der Waals surface area contributed by atoms with Gasteiger partial charge in [0.2, 0.25) is 0 Å². The molecule has 0 radical (unpaired) electrons. The molecule has 1 aromatic rings. The van der Waals surface area contributed by atoms with E-state index < -0.39 is 0 Å². The molecule has 0 aromatic heterocycles. The first-order valence-electron chi connectivity index (χ1n) is 3.97. The third-order valence-electron chi connectivity index (χ3n) is 1.92. The highest BCUT2D eigenvalue weighted by atomic mass is 35.5. The number of rotatable bonds is 1. The molecule has 0 bridgehead atoms. The number of aliphatic imine (C=N–C) groups is 1. The summed E-state index contributed by atoms with van der Waals surface area (Å²) in [5.74, 6) is 0. The van der Waals surface area contributed by atoms with Crippen LogP contribution in [0.2, 0.25) is 10.0 Å². The molecule has 0 spiro atoms. The molecule has 68 valence electrons. The Balaban J connectivity index is 2.40. The summed E-state index contributed by atoms with van der Waals surface area (Å²) in [5.41, 5.74) is 1.97. The second-order valence-electron chi connectivity index (χ2n) is 2.81. The Labute approximate surface area is 86.6 Å². The van der Waals surface area contributed by atoms with Crippen LogP contribution in [0.1, 0.15) is 5.56 Å². The molecule has 2 nitrogen and oxygen atoms in total. The van der Waals surface area contributed by atoms with E-state index in [0.717, 1.165) is 17.8 Å². The van der Waals surface area contributed by atoms with Crippen molar-refractivity contribution in [2.75, 3.05) is 13.2 Å². The fraction of sp³-hybridized carbons (Fsp3) is 0.222. The molecule has 0 unspecified atom stereocenters. The highest BCUT2D eigenvalue weighted by Gasteiger charge is 2.11. The Kier molecular flexibility index (Phi) is 2.54. The lowest BCUT2D eigenvalue weighted by atomic mass is 10.1. The van der Waals surface area contributed by atoms with Crippen molar-refractivity contribution in [1.82, 2.24) is 5.32 Å². The molecule has 1 N–H and O–H groups in total. The molecule has 13 heavy (non-hydrogen) atoms. The summed E-state index contributed by atoms with van der Waals surface area (Å²) in [6.45, 7) is 1.45. The number of hydrogen-bond acceptors (Lipinski definition) is 2. The fourth-order valence-corrected chi connectivity index (χ4v) is 1.80. The molecule has 0 aliphatic carbocycles. The first kappa shape index (κ1) is 9.00. The molecule has 0 saturated carbocycles. The van der Waals surface area contributed by atoms with Gasteiger partial charge in [0.1, 0.15) is 0 Å². The summed E-state index contributed by atoms with van der Waals surface area (Å²) in [6, 6.07) is 5.46. The van der Waals surface area contributed by atoms with E-state index in [9.17, 15) is 0 Å². The topological polar surface area (TPSA) is 24.4 Å². The van der Waals surface area contributed by atoms with Crippen LogP contribution in [0.5, 0.6) is 0 Å². The summed E-state index contributed by atoms with van der Waals surface area (Å²) in [7, 11) is 0. The summed E-state index contributed by atoms with van der Waals surface area (Å²) in [6.07, 6.45) is 0. The van der Waals surface area contributed by atoms with Gasteiger partial charge in [-0.05, 0) is 12.1 Å². The number of halogens is 2. The lowest BCUT2D eigenvalue weighted by Gasteiger charge is -2.03. The smallest absolute Gasteiger partial charge is 0.0891 e. The number of benzene rings is 1. The van der Waals surface area contributed by atoms with Crippen LogP contribution in [-0.2, 0) is 0 Å². The minimum absolute atomic E-state index is 0.653. The zero-order valence-corrected chi connectivity index (χ0v) is 8.36. The lowest BCUT2D eigenvalue weighted by Crippen LogP contribution is -2.14. The number of nitrogens with zero attached hydrogens (tertiary/aromatic N) is 1. The Bertz CT molecular complexity index is 361. The van der Waals surface area contributed by atoms with Gasteiger partial charge in [-0.15, -0.1) is 0 Å². The summed E-state index contributed by atoms with van der Waals surface area (Å²) < 4.78 is 0. The van der Waals surface area contributed by atoms with Crippen LogP contribution in [0.15, 0.2) is 23.2 Å². The van der Waals surface area contributed by atoms with E-state index in [1.807, 2.05) is 12.1 Å². The van der Waals surface area contributed by atoms with Crippen LogP contribution in [0.25, 0.3) is 0 Å². The maximum Gasteiger partial charge on any atom is 0.0891 e. The van der Waals surface area contributed by atoms with E-state index in [-0.39, 0.29) is 0 Å². The highest BCUT2D eigenvalue weighted by molar-refractivity contribution is 6.37. The molecule has 4 heteroatoms. The molecule has 1 heterocycles. The van der Waals surface area contributed by atoms with Crippen LogP contribution in [0.4, 0.5) is 0 Å². The lowest BCUT2D eigenvalue weighted by molar-refractivity contribution is 0.850. The number of nitrogens with one attached hydrogen (secondary N) is 1. The maximum atomic E-state index is 6.02. The minimum Gasteiger partial charge on any atom is -0.293 e. The zero-order valence-electron chi connectivity index (χ0n) is 6.85. The Hall–Kier alpha value is -0.570. The van der Waals surface area contributed by atoms with Crippen LogP contribution < -0.4 is 5.32 Å². The highest BCUT2D eigenvalue weighted by Crippen LogP contribution is 2.22. The summed E-state index contributed by atoms with van der Waals surface area (Å²) in [5, 5.41) is 4.43. The molecule has 0 atom stereocenters. The van der Waals surface area contributed by atoms with Gasteiger partial charge in [-0.2, -0.15) is 0 Å². The molecular formula is C9H8Cl2N2. The summed E-state index contributed by atoms with van der Waals surface area (Å²) >= 11 is 11.8. The average Bonchev–Trinajstić information content (AvgIpc) is 2.56. The summed E-state index contributed by atoms with van der Waals surface area (Å²) in [4.78, 5) is 4.27. The van der Waals surface area contributed by atoms with E-state index in [1.165, 1.54) is 0 Å². The Morgan fingerprint density at radius 1 is 1.31 bits per heavy atom. The predicted molar refractivity (Wildman–Crippen MR) is 55.9 cm³/mol. The standard InChI is InChI=1S/C9H8Cl2N2/c10-6-1-2-7(8(11)3-6)9-4-12-5-13-9/h1-3,12H,4-5H2. The van der Waals surface area contributed by atoms with E-state index in [1.54, 1.807) is 6.07 Å². The first-order chi connectivity index (χ1) is 6.27. The van der Waals surface area contributed by atoms with E-state index >= 15 is 0 Å². The SMILES string of the molecule is Clc1ccc(C2=NCNC2)c(Cl)c1. The van der Waals surface area contributed by atoms with Gasteiger partial charge in [-0.25, -0.2) is 0 Å². The molecular weight excluding hydrogens is 207 g/mol. The first-order valence-corrected chi connectivity index (χ1v) is 4.72. The van der Waals surface area contributed by atoms with Crippen molar-refractivity contribution in [2.45, 2.75) is 0 Å². The molecule has 1 aliphatic heterocycles. The van der Waals surface area contributed by atoms with Crippen molar-refractivity contribution in [1.29, 1.82) is 0 Å². The molecule has 0 amide bonds. The van der Waals surface area contributed by atoms with Crippen LogP contribution in [0.3, 0.4) is 0 Å². The molecule has 0 fully saturated rings. The second-order valence-corrected chi connectivity index (χ2v) is 3.66. The fourth-order valence-electron chi connectivity index (χ4n) is 1.29. The monoisotopic (exact) mass is 214 g/mol. The second kappa shape index (κ2) is 3.66. The van der Waals surface area contributed by atoms with Gasteiger partial charge in [0.05, 0.1) is 17.4 Å². The molecule has 1 aromatic carbocycles.